The third-order valence-corrected chi connectivity index (χ3v) is 4.50. The molecule has 2 unspecified atom stereocenters. The van der Waals surface area contributed by atoms with Crippen LogP contribution in [0.2, 0.25) is 0 Å². The van der Waals surface area contributed by atoms with E-state index in [0.717, 1.165) is 12.5 Å². The Morgan fingerprint density at radius 2 is 2.21 bits per heavy atom. The average molecular weight is 261 g/mol. The highest BCUT2D eigenvalue weighted by Gasteiger charge is 2.36. The highest BCUT2D eigenvalue weighted by atomic mass is 16.4. The van der Waals surface area contributed by atoms with Crippen molar-refractivity contribution in [3.05, 3.63) is 23.8 Å². The van der Waals surface area contributed by atoms with Gasteiger partial charge in [0.1, 0.15) is 11.9 Å². The summed E-state index contributed by atoms with van der Waals surface area (Å²) in [4.78, 5) is 21.6. The lowest BCUT2D eigenvalue weighted by Crippen LogP contribution is -2.35. The minimum Gasteiger partial charge on any atom is -0.478 e. The summed E-state index contributed by atoms with van der Waals surface area (Å²) in [7, 11) is 0. The summed E-state index contributed by atoms with van der Waals surface area (Å²) in [6.07, 6.45) is 9.32. The maximum absolute atomic E-state index is 11.2. The molecule has 2 aliphatic rings. The van der Waals surface area contributed by atoms with Crippen LogP contribution in [0.5, 0.6) is 0 Å². The molecule has 1 saturated carbocycles. The number of fused-ring (bicyclic) bond motifs is 1. The molecule has 19 heavy (non-hydrogen) atoms. The van der Waals surface area contributed by atoms with Crippen LogP contribution in [0.4, 0.5) is 0 Å². The zero-order chi connectivity index (χ0) is 13.2. The van der Waals surface area contributed by atoms with E-state index >= 15 is 0 Å². The minimum absolute atomic E-state index is 0.238. The van der Waals surface area contributed by atoms with Crippen LogP contribution in [0.15, 0.2) is 12.5 Å². The van der Waals surface area contributed by atoms with Gasteiger partial charge in [0.25, 0.3) is 0 Å². The van der Waals surface area contributed by atoms with E-state index in [1.165, 1.54) is 44.6 Å². The fourth-order valence-electron chi connectivity index (χ4n) is 3.55. The molecule has 1 N–H and O–H groups in total. The van der Waals surface area contributed by atoms with Crippen LogP contribution in [0, 0.1) is 5.92 Å². The molecule has 0 bridgehead atoms. The smallest absolute Gasteiger partial charge is 0.339 e. The number of nitrogens with zero attached hydrogens (tertiary/aromatic N) is 3. The first-order valence-corrected chi connectivity index (χ1v) is 7.02. The van der Waals surface area contributed by atoms with Gasteiger partial charge in [-0.05, 0) is 31.7 Å². The van der Waals surface area contributed by atoms with Gasteiger partial charge < -0.3 is 5.11 Å². The monoisotopic (exact) mass is 261 g/mol. The van der Waals surface area contributed by atoms with E-state index in [0.29, 0.717) is 18.3 Å². The largest absolute Gasteiger partial charge is 0.478 e. The number of aromatic carboxylic acids is 1. The van der Waals surface area contributed by atoms with Gasteiger partial charge in [-0.25, -0.2) is 14.8 Å². The third kappa shape index (κ3) is 2.47. The molecule has 2 fully saturated rings. The Morgan fingerprint density at radius 3 is 3.05 bits per heavy atom. The van der Waals surface area contributed by atoms with E-state index in [9.17, 15) is 9.90 Å². The van der Waals surface area contributed by atoms with Crippen LogP contribution < -0.4 is 0 Å². The maximum atomic E-state index is 11.2. The predicted octanol–water partition coefficient (Wildman–Crippen LogP) is 1.94. The molecule has 102 valence electrons. The van der Waals surface area contributed by atoms with Gasteiger partial charge in [-0.2, -0.15) is 0 Å². The number of likely N-dealkylation sites (tertiary alicyclic amines) is 1. The van der Waals surface area contributed by atoms with E-state index in [1.54, 1.807) is 0 Å². The lowest BCUT2D eigenvalue weighted by atomic mass is 9.85. The lowest BCUT2D eigenvalue weighted by Gasteiger charge is -2.31. The van der Waals surface area contributed by atoms with Gasteiger partial charge in [-0.15, -0.1) is 0 Å². The van der Waals surface area contributed by atoms with Gasteiger partial charge in [-0.1, -0.05) is 12.8 Å². The molecule has 1 aromatic rings. The molecule has 0 aromatic carbocycles. The minimum atomic E-state index is -0.935. The van der Waals surface area contributed by atoms with E-state index in [2.05, 4.69) is 14.9 Å². The van der Waals surface area contributed by atoms with Crippen molar-refractivity contribution in [2.45, 2.75) is 44.7 Å². The van der Waals surface area contributed by atoms with Crippen molar-refractivity contribution in [1.82, 2.24) is 14.9 Å². The van der Waals surface area contributed by atoms with E-state index in [4.69, 9.17) is 0 Å². The van der Waals surface area contributed by atoms with Crippen molar-refractivity contribution < 1.29 is 9.90 Å². The Hall–Kier alpha value is -1.49. The second-order valence-electron chi connectivity index (χ2n) is 5.56. The van der Waals surface area contributed by atoms with E-state index in [1.807, 2.05) is 0 Å². The van der Waals surface area contributed by atoms with Gasteiger partial charge in [0, 0.05) is 18.8 Å². The number of carbonyl (C=O) groups is 1. The fraction of sp³-hybridized carbons (Fsp3) is 0.643. The van der Waals surface area contributed by atoms with Gasteiger partial charge in [-0.3, -0.25) is 4.90 Å². The summed E-state index contributed by atoms with van der Waals surface area (Å²) in [5.74, 6) is -0.126. The number of aromatic nitrogens is 2. The van der Waals surface area contributed by atoms with Crippen molar-refractivity contribution in [1.29, 1.82) is 0 Å². The van der Waals surface area contributed by atoms with Gasteiger partial charge in [0.15, 0.2) is 0 Å². The van der Waals surface area contributed by atoms with Crippen LogP contribution in [0.3, 0.4) is 0 Å². The Kier molecular flexibility index (Phi) is 3.46. The normalized spacial score (nSPS) is 27.2. The molecule has 0 amide bonds. The second kappa shape index (κ2) is 5.25. The Bertz CT molecular complexity index is 478. The molecule has 2 atom stereocenters. The molecular formula is C14H19N3O2. The first-order valence-electron chi connectivity index (χ1n) is 7.02. The van der Waals surface area contributed by atoms with Crippen molar-refractivity contribution in [3.8, 4) is 0 Å². The number of carboxylic acids is 1. The molecule has 1 aromatic heterocycles. The fourth-order valence-corrected chi connectivity index (χ4v) is 3.55. The highest BCUT2D eigenvalue weighted by molar-refractivity contribution is 5.88. The second-order valence-corrected chi connectivity index (χ2v) is 5.56. The Morgan fingerprint density at radius 1 is 1.37 bits per heavy atom. The predicted molar refractivity (Wildman–Crippen MR) is 69.8 cm³/mol. The molecule has 1 saturated heterocycles. The molecule has 2 heterocycles. The first-order chi connectivity index (χ1) is 9.25. The Labute approximate surface area is 112 Å². The topological polar surface area (TPSA) is 66.3 Å². The summed E-state index contributed by atoms with van der Waals surface area (Å²) in [6, 6.07) is 0.630. The zero-order valence-corrected chi connectivity index (χ0v) is 11.0. The molecule has 5 nitrogen and oxygen atoms in total. The van der Waals surface area contributed by atoms with Crippen LogP contribution in [-0.2, 0) is 6.54 Å². The number of carboxylic acid groups (broad SMARTS) is 1. The summed E-state index contributed by atoms with van der Waals surface area (Å²) < 4.78 is 0. The average Bonchev–Trinajstić information content (AvgIpc) is 2.83. The highest BCUT2D eigenvalue weighted by Crippen LogP contribution is 2.36. The number of hydrogen-bond acceptors (Lipinski definition) is 4. The van der Waals surface area contributed by atoms with Crippen molar-refractivity contribution in [2.75, 3.05) is 6.54 Å². The van der Waals surface area contributed by atoms with Crippen LogP contribution in [-0.4, -0.2) is 38.5 Å². The van der Waals surface area contributed by atoms with E-state index in [-0.39, 0.29) is 5.56 Å². The molecule has 0 spiro atoms. The molecular weight excluding hydrogens is 242 g/mol. The third-order valence-electron chi connectivity index (χ3n) is 4.50. The van der Waals surface area contributed by atoms with Crippen LogP contribution in [0.1, 0.15) is 48.2 Å². The van der Waals surface area contributed by atoms with Gasteiger partial charge >= 0.3 is 5.97 Å². The van der Waals surface area contributed by atoms with Crippen molar-refractivity contribution >= 4 is 5.97 Å². The molecule has 5 heteroatoms. The first kappa shape index (κ1) is 12.5. The summed E-state index contributed by atoms with van der Waals surface area (Å²) in [5.41, 5.74) is 0.885. The van der Waals surface area contributed by atoms with Crippen molar-refractivity contribution in [2.24, 2.45) is 5.92 Å². The summed E-state index contributed by atoms with van der Waals surface area (Å²) in [5, 5.41) is 9.17. The number of rotatable bonds is 3. The lowest BCUT2D eigenvalue weighted by molar-refractivity contribution is 0.0692. The van der Waals surface area contributed by atoms with E-state index < -0.39 is 5.97 Å². The Balaban J connectivity index is 1.76. The van der Waals surface area contributed by atoms with Crippen LogP contribution in [0.25, 0.3) is 0 Å². The zero-order valence-electron chi connectivity index (χ0n) is 11.0. The molecule has 1 aliphatic carbocycles. The summed E-state index contributed by atoms with van der Waals surface area (Å²) >= 11 is 0. The number of hydrogen-bond donors (Lipinski definition) is 1. The molecule has 1 aliphatic heterocycles. The SMILES string of the molecule is O=C(O)c1cncnc1CN1CCC2CCCCC21. The molecule has 3 rings (SSSR count). The standard InChI is InChI=1S/C14H19N3O2/c18-14(19)11-7-15-9-16-12(11)8-17-6-5-10-3-1-2-4-13(10)17/h7,9-10,13H,1-6,8H2,(H,18,19). The maximum Gasteiger partial charge on any atom is 0.339 e. The summed E-state index contributed by atoms with van der Waals surface area (Å²) in [6.45, 7) is 1.71. The van der Waals surface area contributed by atoms with Gasteiger partial charge in [0.05, 0.1) is 5.69 Å². The van der Waals surface area contributed by atoms with Crippen molar-refractivity contribution in [3.63, 3.8) is 0 Å². The van der Waals surface area contributed by atoms with Gasteiger partial charge in [0.2, 0.25) is 0 Å². The quantitative estimate of drug-likeness (QED) is 0.900. The molecule has 0 radical (unpaired) electrons. The van der Waals surface area contributed by atoms with Crippen LogP contribution >= 0.6 is 0 Å².